The maximum Gasteiger partial charge on any atom is 0.333 e. The molecule has 0 fully saturated rings. The van der Waals surface area contributed by atoms with Gasteiger partial charge in [-0.3, -0.25) is 0 Å². The summed E-state index contributed by atoms with van der Waals surface area (Å²) in [4.78, 5) is 11.4. The first-order chi connectivity index (χ1) is 7.11. The zero-order valence-electron chi connectivity index (χ0n) is 9.88. The van der Waals surface area contributed by atoms with Gasteiger partial charge in [0.25, 0.3) is 0 Å². The Labute approximate surface area is 92.3 Å². The van der Waals surface area contributed by atoms with Gasteiger partial charge in [-0.15, -0.1) is 0 Å². The highest BCUT2D eigenvalue weighted by Crippen LogP contribution is 2.06. The van der Waals surface area contributed by atoms with Crippen LogP contribution < -0.4 is 0 Å². The van der Waals surface area contributed by atoms with Crippen LogP contribution in [0.3, 0.4) is 0 Å². The molecule has 0 bridgehead atoms. The van der Waals surface area contributed by atoms with E-state index in [-0.39, 0.29) is 5.97 Å². The van der Waals surface area contributed by atoms with E-state index in [2.05, 4.69) is 6.58 Å². The minimum atomic E-state index is -0.222. The molecule has 0 aliphatic carbocycles. The summed E-state index contributed by atoms with van der Waals surface area (Å²) in [7, 11) is 0. The second-order valence-corrected chi connectivity index (χ2v) is 3.37. The molecule has 0 saturated carbocycles. The van der Waals surface area contributed by atoms with Gasteiger partial charge >= 0.3 is 5.97 Å². The van der Waals surface area contributed by atoms with Crippen LogP contribution in [0.15, 0.2) is 36.0 Å². The van der Waals surface area contributed by atoms with E-state index in [0.717, 1.165) is 12.0 Å². The summed E-state index contributed by atoms with van der Waals surface area (Å²) in [6.45, 7) is 9.85. The molecule has 2 nitrogen and oxygen atoms in total. The highest BCUT2D eigenvalue weighted by molar-refractivity contribution is 5.88. The average molecular weight is 208 g/mol. The fraction of sp³-hybridized carbons (Fsp3) is 0.462. The molecule has 84 valence electrons. The van der Waals surface area contributed by atoms with Crippen molar-refractivity contribution < 1.29 is 9.53 Å². The fourth-order valence-electron chi connectivity index (χ4n) is 1.04. The highest BCUT2D eigenvalue weighted by Gasteiger charge is 2.06. The lowest BCUT2D eigenvalue weighted by atomic mass is 10.1. The van der Waals surface area contributed by atoms with E-state index < -0.39 is 0 Å². The molecular weight excluding hydrogens is 188 g/mol. The van der Waals surface area contributed by atoms with E-state index >= 15 is 0 Å². The van der Waals surface area contributed by atoms with Crippen molar-refractivity contribution >= 4 is 5.97 Å². The third kappa shape index (κ3) is 6.72. The fourth-order valence-corrected chi connectivity index (χ4v) is 1.04. The second-order valence-electron chi connectivity index (χ2n) is 3.37. The summed E-state index contributed by atoms with van der Waals surface area (Å²) >= 11 is 0. The molecule has 0 spiro atoms. The zero-order chi connectivity index (χ0) is 11.7. The number of esters is 1. The van der Waals surface area contributed by atoms with Crippen molar-refractivity contribution in [1.82, 2.24) is 0 Å². The van der Waals surface area contributed by atoms with Crippen molar-refractivity contribution in [3.8, 4) is 0 Å². The number of carbonyl (C=O) groups excluding carboxylic acids is 1. The molecule has 0 saturated heterocycles. The SMILES string of the molecule is C=C(C)CC=CC/C(=C\C)C(=O)OCC. The molecule has 0 heterocycles. The molecule has 0 aromatic rings. The number of carbonyl (C=O) groups is 1. The van der Waals surface area contributed by atoms with Gasteiger partial charge in [0.1, 0.15) is 0 Å². The summed E-state index contributed by atoms with van der Waals surface area (Å²) in [6, 6.07) is 0. The van der Waals surface area contributed by atoms with Crippen LogP contribution >= 0.6 is 0 Å². The Kier molecular flexibility index (Phi) is 7.33. The van der Waals surface area contributed by atoms with Crippen molar-refractivity contribution in [2.24, 2.45) is 0 Å². The van der Waals surface area contributed by atoms with Crippen LogP contribution in [-0.4, -0.2) is 12.6 Å². The van der Waals surface area contributed by atoms with Crippen LogP contribution in [-0.2, 0) is 9.53 Å². The third-order valence-corrected chi connectivity index (χ3v) is 1.86. The molecule has 0 aliphatic rings. The highest BCUT2D eigenvalue weighted by atomic mass is 16.5. The molecule has 0 radical (unpaired) electrons. The molecule has 0 rings (SSSR count). The Balaban J connectivity index is 4.07. The predicted octanol–water partition coefficient (Wildman–Crippen LogP) is 3.41. The van der Waals surface area contributed by atoms with Crippen LogP contribution in [0.25, 0.3) is 0 Å². The summed E-state index contributed by atoms with van der Waals surface area (Å²) in [6.07, 6.45) is 7.28. The van der Waals surface area contributed by atoms with Crippen LogP contribution in [0.4, 0.5) is 0 Å². The monoisotopic (exact) mass is 208 g/mol. The zero-order valence-corrected chi connectivity index (χ0v) is 9.88. The van der Waals surface area contributed by atoms with Gasteiger partial charge in [0.05, 0.1) is 6.61 Å². The molecule has 2 heteroatoms. The predicted molar refractivity (Wildman–Crippen MR) is 63.6 cm³/mol. The van der Waals surface area contributed by atoms with E-state index in [9.17, 15) is 4.79 Å². The molecule has 15 heavy (non-hydrogen) atoms. The van der Waals surface area contributed by atoms with Gasteiger partial charge in [-0.05, 0) is 33.6 Å². The Morgan fingerprint density at radius 2 is 1.93 bits per heavy atom. The first-order valence-electron chi connectivity index (χ1n) is 5.23. The van der Waals surface area contributed by atoms with Crippen molar-refractivity contribution in [1.29, 1.82) is 0 Å². The van der Waals surface area contributed by atoms with Crippen molar-refractivity contribution in [2.75, 3.05) is 6.61 Å². The van der Waals surface area contributed by atoms with Crippen LogP contribution in [0.1, 0.15) is 33.6 Å². The minimum Gasteiger partial charge on any atom is -0.463 e. The number of hydrogen-bond acceptors (Lipinski definition) is 2. The number of allylic oxidation sites excluding steroid dienone is 4. The quantitative estimate of drug-likeness (QED) is 0.380. The van der Waals surface area contributed by atoms with Gasteiger partial charge in [0.2, 0.25) is 0 Å². The Hall–Kier alpha value is -1.31. The van der Waals surface area contributed by atoms with Crippen LogP contribution in [0.5, 0.6) is 0 Å². The normalized spacial score (nSPS) is 11.8. The van der Waals surface area contributed by atoms with Gasteiger partial charge in [-0.2, -0.15) is 0 Å². The molecule has 0 unspecified atom stereocenters. The lowest BCUT2D eigenvalue weighted by Crippen LogP contribution is -2.06. The van der Waals surface area contributed by atoms with Crippen molar-refractivity contribution in [3.05, 3.63) is 36.0 Å². The Morgan fingerprint density at radius 1 is 1.33 bits per heavy atom. The van der Waals surface area contributed by atoms with E-state index in [1.165, 1.54) is 0 Å². The van der Waals surface area contributed by atoms with E-state index in [1.54, 1.807) is 6.08 Å². The van der Waals surface area contributed by atoms with Crippen molar-refractivity contribution in [3.63, 3.8) is 0 Å². The average Bonchev–Trinajstić information content (AvgIpc) is 2.17. The van der Waals surface area contributed by atoms with Crippen LogP contribution in [0, 0.1) is 0 Å². The lowest BCUT2D eigenvalue weighted by molar-refractivity contribution is -0.138. The molecule has 0 amide bonds. The van der Waals surface area contributed by atoms with Gasteiger partial charge in [0, 0.05) is 5.57 Å². The van der Waals surface area contributed by atoms with Gasteiger partial charge < -0.3 is 4.74 Å². The second kappa shape index (κ2) is 8.04. The summed E-state index contributed by atoms with van der Waals surface area (Å²) in [5.41, 5.74) is 1.82. The molecule has 0 N–H and O–H groups in total. The molecule has 0 aliphatic heterocycles. The van der Waals surface area contributed by atoms with Crippen molar-refractivity contribution in [2.45, 2.75) is 33.6 Å². The first-order valence-corrected chi connectivity index (χ1v) is 5.23. The van der Waals surface area contributed by atoms with E-state index in [4.69, 9.17) is 4.74 Å². The topological polar surface area (TPSA) is 26.3 Å². The number of rotatable bonds is 6. The Morgan fingerprint density at radius 3 is 2.40 bits per heavy atom. The maximum atomic E-state index is 11.4. The van der Waals surface area contributed by atoms with Gasteiger partial charge in [-0.25, -0.2) is 4.79 Å². The van der Waals surface area contributed by atoms with E-state index in [1.807, 2.05) is 32.9 Å². The molecule has 0 aromatic carbocycles. The molecular formula is C13H20O2. The first kappa shape index (κ1) is 13.7. The largest absolute Gasteiger partial charge is 0.463 e. The summed E-state index contributed by atoms with van der Waals surface area (Å²) in [5, 5.41) is 0. The summed E-state index contributed by atoms with van der Waals surface area (Å²) in [5.74, 6) is -0.222. The Bertz CT molecular complexity index is 272. The number of hydrogen-bond donors (Lipinski definition) is 0. The standard InChI is InChI=1S/C13H20O2/c1-5-12(13(14)15-6-2)10-8-7-9-11(3)4/h5,7-8H,3,6,9-10H2,1-2,4H3/b8-7?,12-5+. The summed E-state index contributed by atoms with van der Waals surface area (Å²) < 4.78 is 4.91. The minimum absolute atomic E-state index is 0.222. The smallest absolute Gasteiger partial charge is 0.333 e. The number of ether oxygens (including phenoxy) is 1. The van der Waals surface area contributed by atoms with E-state index in [0.29, 0.717) is 18.6 Å². The van der Waals surface area contributed by atoms with Gasteiger partial charge in [-0.1, -0.05) is 30.4 Å². The van der Waals surface area contributed by atoms with Crippen LogP contribution in [0.2, 0.25) is 0 Å². The van der Waals surface area contributed by atoms with Gasteiger partial charge in [0.15, 0.2) is 0 Å². The molecule has 0 aromatic heterocycles. The third-order valence-electron chi connectivity index (χ3n) is 1.86. The lowest BCUT2D eigenvalue weighted by Gasteiger charge is -2.03. The molecule has 0 atom stereocenters. The maximum absolute atomic E-state index is 11.4.